The Morgan fingerprint density at radius 2 is 1.90 bits per heavy atom. The molecule has 2 atom stereocenters. The summed E-state index contributed by atoms with van der Waals surface area (Å²) in [5, 5.41) is 11.0. The highest BCUT2D eigenvalue weighted by Crippen LogP contribution is 2.54. The molecular weight excluding hydrogens is 258 g/mol. The van der Waals surface area contributed by atoms with Gasteiger partial charge in [-0.25, -0.2) is 4.63 Å². The second kappa shape index (κ2) is 4.16. The van der Waals surface area contributed by atoms with E-state index in [-0.39, 0.29) is 11.7 Å². The third-order valence-electron chi connectivity index (χ3n) is 3.50. The van der Waals surface area contributed by atoms with Crippen LogP contribution in [0.5, 0.6) is 0 Å². The van der Waals surface area contributed by atoms with Crippen LogP contribution in [0.2, 0.25) is 0 Å². The zero-order valence-electron chi connectivity index (χ0n) is 10.4. The van der Waals surface area contributed by atoms with Crippen molar-refractivity contribution in [3.05, 3.63) is 41.8 Å². The van der Waals surface area contributed by atoms with Gasteiger partial charge >= 0.3 is 0 Å². The first-order valence-corrected chi connectivity index (χ1v) is 6.30. The molecule has 2 aromatic heterocycles. The van der Waals surface area contributed by atoms with E-state index in [0.717, 1.165) is 6.42 Å². The molecule has 0 saturated heterocycles. The third kappa shape index (κ3) is 1.75. The van der Waals surface area contributed by atoms with Gasteiger partial charge in [0, 0.05) is 5.92 Å². The zero-order chi connectivity index (χ0) is 13.5. The van der Waals surface area contributed by atoms with Crippen molar-refractivity contribution in [3.63, 3.8) is 0 Å². The van der Waals surface area contributed by atoms with Gasteiger partial charge in [-0.2, -0.15) is 4.98 Å². The van der Waals surface area contributed by atoms with Gasteiger partial charge in [0.05, 0.1) is 0 Å². The molecule has 0 unspecified atom stereocenters. The van der Waals surface area contributed by atoms with Crippen molar-refractivity contribution in [2.24, 2.45) is 0 Å². The van der Waals surface area contributed by atoms with Gasteiger partial charge in [-0.3, -0.25) is 0 Å². The van der Waals surface area contributed by atoms with Crippen molar-refractivity contribution in [1.82, 2.24) is 20.5 Å². The van der Waals surface area contributed by atoms with Crippen LogP contribution >= 0.6 is 0 Å². The van der Waals surface area contributed by atoms with Crippen LogP contribution in [-0.2, 0) is 0 Å². The number of hydrogen-bond donors (Lipinski definition) is 1. The van der Waals surface area contributed by atoms with Crippen LogP contribution in [0.3, 0.4) is 0 Å². The lowest BCUT2D eigenvalue weighted by molar-refractivity contribution is 0.310. The van der Waals surface area contributed by atoms with Crippen molar-refractivity contribution in [1.29, 1.82) is 0 Å². The Balaban J connectivity index is 1.57. The lowest BCUT2D eigenvalue weighted by Gasteiger charge is -1.96. The van der Waals surface area contributed by atoms with Crippen molar-refractivity contribution in [2.75, 3.05) is 5.73 Å². The Bertz CT molecular complexity index is 736. The lowest BCUT2D eigenvalue weighted by atomic mass is 10.1. The smallest absolute Gasteiger partial charge is 0.230 e. The lowest BCUT2D eigenvalue weighted by Crippen LogP contribution is -1.90. The zero-order valence-corrected chi connectivity index (χ0v) is 10.4. The summed E-state index contributed by atoms with van der Waals surface area (Å²) in [7, 11) is 0. The topological polar surface area (TPSA) is 104 Å². The summed E-state index contributed by atoms with van der Waals surface area (Å²) < 4.78 is 9.82. The van der Waals surface area contributed by atoms with Crippen LogP contribution in [0.4, 0.5) is 5.82 Å². The van der Waals surface area contributed by atoms with E-state index in [1.54, 1.807) is 0 Å². The van der Waals surface area contributed by atoms with Crippen LogP contribution in [-0.4, -0.2) is 20.5 Å². The van der Waals surface area contributed by atoms with E-state index >= 15 is 0 Å². The SMILES string of the molecule is Nc1nonc1-c1noc([C@@H]2C[C@H]2c2ccccc2)n1. The molecule has 1 aromatic carbocycles. The molecule has 1 fully saturated rings. The molecule has 4 rings (SSSR count). The Hall–Kier alpha value is -2.70. The summed E-state index contributed by atoms with van der Waals surface area (Å²) in [5.41, 5.74) is 7.21. The molecule has 3 aromatic rings. The molecule has 0 spiro atoms. The van der Waals surface area contributed by atoms with Crippen molar-refractivity contribution >= 4 is 5.82 Å². The van der Waals surface area contributed by atoms with Gasteiger partial charge in [0.1, 0.15) is 0 Å². The van der Waals surface area contributed by atoms with E-state index in [2.05, 4.69) is 37.2 Å². The molecule has 7 nitrogen and oxygen atoms in total. The van der Waals surface area contributed by atoms with Crippen LogP contribution < -0.4 is 5.73 Å². The predicted octanol–water partition coefficient (Wildman–Crippen LogP) is 1.97. The molecule has 20 heavy (non-hydrogen) atoms. The maximum Gasteiger partial charge on any atom is 0.230 e. The average Bonchev–Trinajstić information content (AvgIpc) is 2.92. The second-order valence-corrected chi connectivity index (χ2v) is 4.81. The molecule has 100 valence electrons. The van der Waals surface area contributed by atoms with Gasteiger partial charge in [0.15, 0.2) is 11.5 Å². The number of aromatic nitrogens is 4. The van der Waals surface area contributed by atoms with E-state index in [0.29, 0.717) is 23.3 Å². The van der Waals surface area contributed by atoms with Crippen molar-refractivity contribution in [2.45, 2.75) is 18.3 Å². The molecule has 1 aliphatic rings. The summed E-state index contributed by atoms with van der Waals surface area (Å²) in [5.74, 6) is 1.79. The van der Waals surface area contributed by atoms with Gasteiger partial charge in [0.25, 0.3) is 0 Å². The number of benzene rings is 1. The molecule has 7 heteroatoms. The molecule has 1 saturated carbocycles. The monoisotopic (exact) mass is 269 g/mol. The van der Waals surface area contributed by atoms with E-state index < -0.39 is 0 Å². The average molecular weight is 269 g/mol. The van der Waals surface area contributed by atoms with Crippen LogP contribution in [0.15, 0.2) is 39.5 Å². The molecule has 0 radical (unpaired) electrons. The summed E-state index contributed by atoms with van der Waals surface area (Å²) in [6.45, 7) is 0. The van der Waals surface area contributed by atoms with E-state index in [1.165, 1.54) is 5.56 Å². The Morgan fingerprint density at radius 1 is 1.05 bits per heavy atom. The fourth-order valence-electron chi connectivity index (χ4n) is 2.37. The van der Waals surface area contributed by atoms with Crippen LogP contribution in [0, 0.1) is 0 Å². The van der Waals surface area contributed by atoms with Gasteiger partial charge in [-0.1, -0.05) is 35.5 Å². The summed E-state index contributed by atoms with van der Waals surface area (Å²) in [6.07, 6.45) is 1.01. The predicted molar refractivity (Wildman–Crippen MR) is 68.5 cm³/mol. The minimum atomic E-state index is 0.160. The molecular formula is C13H11N5O2. The van der Waals surface area contributed by atoms with E-state index in [4.69, 9.17) is 10.3 Å². The largest absolute Gasteiger partial charge is 0.379 e. The van der Waals surface area contributed by atoms with Gasteiger partial charge in [0.2, 0.25) is 11.7 Å². The molecule has 0 amide bonds. The summed E-state index contributed by atoms with van der Waals surface area (Å²) >= 11 is 0. The number of nitrogens with two attached hydrogens (primary N) is 1. The molecule has 1 aliphatic carbocycles. The number of nitrogens with zero attached hydrogens (tertiary/aromatic N) is 4. The minimum absolute atomic E-state index is 0.160. The van der Waals surface area contributed by atoms with Crippen LogP contribution in [0.1, 0.15) is 29.7 Å². The molecule has 0 bridgehead atoms. The minimum Gasteiger partial charge on any atom is -0.379 e. The highest BCUT2D eigenvalue weighted by atomic mass is 16.6. The fraction of sp³-hybridized carbons (Fsp3) is 0.231. The molecule has 2 N–H and O–H groups in total. The van der Waals surface area contributed by atoms with Crippen molar-refractivity contribution < 1.29 is 9.15 Å². The molecule has 0 aliphatic heterocycles. The highest BCUT2D eigenvalue weighted by Gasteiger charge is 2.43. The summed E-state index contributed by atoms with van der Waals surface area (Å²) in [4.78, 5) is 4.33. The fourth-order valence-corrected chi connectivity index (χ4v) is 2.37. The number of anilines is 1. The maximum absolute atomic E-state index is 5.60. The Morgan fingerprint density at radius 3 is 2.65 bits per heavy atom. The Labute approximate surface area is 113 Å². The number of nitrogen functional groups attached to an aromatic ring is 1. The van der Waals surface area contributed by atoms with Gasteiger partial charge in [-0.05, 0) is 28.2 Å². The first-order valence-electron chi connectivity index (χ1n) is 6.30. The van der Waals surface area contributed by atoms with Crippen molar-refractivity contribution in [3.8, 4) is 11.5 Å². The Kier molecular flexibility index (Phi) is 2.32. The van der Waals surface area contributed by atoms with Crippen LogP contribution in [0.25, 0.3) is 11.5 Å². The quantitative estimate of drug-likeness (QED) is 0.775. The first-order chi connectivity index (χ1) is 9.83. The highest BCUT2D eigenvalue weighted by molar-refractivity contribution is 5.61. The van der Waals surface area contributed by atoms with E-state index in [9.17, 15) is 0 Å². The maximum atomic E-state index is 5.60. The summed E-state index contributed by atoms with van der Waals surface area (Å²) in [6, 6.07) is 10.3. The third-order valence-corrected chi connectivity index (χ3v) is 3.50. The van der Waals surface area contributed by atoms with Gasteiger partial charge in [-0.15, -0.1) is 0 Å². The second-order valence-electron chi connectivity index (χ2n) is 4.81. The van der Waals surface area contributed by atoms with E-state index in [1.807, 2.05) is 18.2 Å². The molecule has 2 heterocycles. The van der Waals surface area contributed by atoms with Gasteiger partial charge < -0.3 is 10.3 Å². The normalized spacial score (nSPS) is 21.0. The number of hydrogen-bond acceptors (Lipinski definition) is 7. The standard InChI is InChI=1S/C13H11N5O2/c14-11-10(16-20-17-11)12-15-13(19-18-12)9-6-8(9)7-4-2-1-3-5-7/h1-5,8-9H,6H2,(H2,14,17)/t8-,9+/m0/s1. The first kappa shape index (κ1) is 11.2. The number of rotatable bonds is 3.